The molecule has 0 fully saturated rings. The van der Waals surface area contributed by atoms with Crippen LogP contribution in [0.1, 0.15) is 29.3 Å². The maximum atomic E-state index is 14.4. The molecule has 0 radical (unpaired) electrons. The summed E-state index contributed by atoms with van der Waals surface area (Å²) in [7, 11) is 0. The average Bonchev–Trinajstić information content (AvgIpc) is 2.68. The highest BCUT2D eigenvalue weighted by atomic mass is 19.4. The first-order valence-electron chi connectivity index (χ1n) is 8.63. The van der Waals surface area contributed by atoms with Crippen molar-refractivity contribution in [1.82, 2.24) is 20.3 Å². The first kappa shape index (κ1) is 20.5. The summed E-state index contributed by atoms with van der Waals surface area (Å²) in [5.41, 5.74) is 1.47. The van der Waals surface area contributed by atoms with E-state index in [0.717, 1.165) is 12.1 Å². The Morgan fingerprint density at radius 3 is 2.69 bits per heavy atom. The molecule has 2 heterocycles. The van der Waals surface area contributed by atoms with E-state index in [2.05, 4.69) is 20.7 Å². The monoisotopic (exact) mass is 410 g/mol. The lowest BCUT2D eigenvalue weighted by molar-refractivity contribution is -0.140. The predicted octanol–water partition coefficient (Wildman–Crippen LogP) is 2.66. The molecule has 1 unspecified atom stereocenters. The first-order valence-corrected chi connectivity index (χ1v) is 8.63. The van der Waals surface area contributed by atoms with Crippen LogP contribution in [0.15, 0.2) is 48.2 Å². The van der Waals surface area contributed by atoms with Gasteiger partial charge in [-0.2, -0.15) is 13.2 Å². The summed E-state index contributed by atoms with van der Waals surface area (Å²) in [6.07, 6.45) is -0.0915. The molecular weight excluding hydrogens is 392 g/mol. The minimum Gasteiger partial charge on any atom is -0.341 e. The molecule has 1 amide bonds. The lowest BCUT2D eigenvalue weighted by atomic mass is 10.0. The molecule has 4 N–H and O–H groups in total. The fourth-order valence-corrected chi connectivity index (χ4v) is 3.17. The van der Waals surface area contributed by atoms with Crippen LogP contribution in [0, 0.1) is 5.82 Å². The van der Waals surface area contributed by atoms with Crippen LogP contribution in [-0.4, -0.2) is 33.4 Å². The number of hydrogen-bond acceptors (Lipinski definition) is 6. The molecule has 0 aliphatic carbocycles. The molecular formula is C18H18F4N6O. The third-order valence-electron chi connectivity index (χ3n) is 4.61. The van der Waals surface area contributed by atoms with Crippen molar-refractivity contribution in [3.05, 3.63) is 65.1 Å². The number of hydrazine groups is 1. The van der Waals surface area contributed by atoms with Gasteiger partial charge in [-0.1, -0.05) is 6.07 Å². The molecule has 11 heteroatoms. The second-order valence-electron chi connectivity index (χ2n) is 6.34. The molecule has 0 bridgehead atoms. The van der Waals surface area contributed by atoms with Crippen molar-refractivity contribution >= 4 is 11.7 Å². The molecule has 1 aromatic heterocycles. The third-order valence-corrected chi connectivity index (χ3v) is 4.61. The SMILES string of the molecule is CC1C(NN)=C(Nc2cnccn2)CCN1C(=O)c1cccc(C(F)(F)F)c1F. The summed E-state index contributed by atoms with van der Waals surface area (Å²) in [6.45, 7) is 1.78. The second-order valence-corrected chi connectivity index (χ2v) is 6.34. The summed E-state index contributed by atoms with van der Waals surface area (Å²) < 4.78 is 53.3. The van der Waals surface area contributed by atoms with Gasteiger partial charge in [0.1, 0.15) is 11.6 Å². The van der Waals surface area contributed by atoms with Gasteiger partial charge in [-0.25, -0.2) is 9.37 Å². The van der Waals surface area contributed by atoms with Gasteiger partial charge in [0.2, 0.25) is 0 Å². The minimum absolute atomic E-state index is 0.142. The summed E-state index contributed by atoms with van der Waals surface area (Å²) >= 11 is 0. The fraction of sp³-hybridized carbons (Fsp3) is 0.278. The van der Waals surface area contributed by atoms with E-state index in [1.807, 2.05) is 0 Å². The average molecular weight is 410 g/mol. The number of amides is 1. The van der Waals surface area contributed by atoms with Gasteiger partial charge in [-0.05, 0) is 19.1 Å². The maximum Gasteiger partial charge on any atom is 0.419 e. The van der Waals surface area contributed by atoms with E-state index in [4.69, 9.17) is 5.84 Å². The number of hydrogen-bond donors (Lipinski definition) is 3. The van der Waals surface area contributed by atoms with Crippen LogP contribution in [-0.2, 0) is 6.18 Å². The number of aromatic nitrogens is 2. The third kappa shape index (κ3) is 4.14. The van der Waals surface area contributed by atoms with E-state index in [9.17, 15) is 22.4 Å². The molecule has 1 atom stereocenters. The number of alkyl halides is 3. The summed E-state index contributed by atoms with van der Waals surface area (Å²) in [6, 6.07) is 2.00. The maximum absolute atomic E-state index is 14.4. The van der Waals surface area contributed by atoms with Crippen LogP contribution in [0.3, 0.4) is 0 Å². The number of carbonyl (C=O) groups is 1. The van der Waals surface area contributed by atoms with Crippen molar-refractivity contribution in [2.24, 2.45) is 5.84 Å². The van der Waals surface area contributed by atoms with Gasteiger partial charge in [0, 0.05) is 31.1 Å². The van der Waals surface area contributed by atoms with E-state index < -0.39 is 35.1 Å². The number of nitrogens with two attached hydrogens (primary N) is 1. The van der Waals surface area contributed by atoms with E-state index >= 15 is 0 Å². The van der Waals surface area contributed by atoms with E-state index in [1.54, 1.807) is 6.92 Å². The van der Waals surface area contributed by atoms with Crippen molar-refractivity contribution in [2.75, 3.05) is 11.9 Å². The van der Waals surface area contributed by atoms with E-state index in [1.165, 1.54) is 23.5 Å². The zero-order valence-electron chi connectivity index (χ0n) is 15.3. The van der Waals surface area contributed by atoms with Crippen molar-refractivity contribution in [3.63, 3.8) is 0 Å². The lowest BCUT2D eigenvalue weighted by Crippen LogP contribution is -2.49. The molecule has 154 valence electrons. The van der Waals surface area contributed by atoms with Gasteiger partial charge < -0.3 is 15.6 Å². The van der Waals surface area contributed by atoms with Crippen molar-refractivity contribution in [3.8, 4) is 0 Å². The highest BCUT2D eigenvalue weighted by Crippen LogP contribution is 2.33. The molecule has 3 rings (SSSR count). The Morgan fingerprint density at radius 2 is 2.07 bits per heavy atom. The van der Waals surface area contributed by atoms with Gasteiger partial charge in [0.05, 0.1) is 29.1 Å². The van der Waals surface area contributed by atoms with Crippen LogP contribution in [0.25, 0.3) is 0 Å². The van der Waals surface area contributed by atoms with Crippen molar-refractivity contribution < 1.29 is 22.4 Å². The molecule has 7 nitrogen and oxygen atoms in total. The van der Waals surface area contributed by atoms with Crippen LogP contribution < -0.4 is 16.6 Å². The lowest BCUT2D eigenvalue weighted by Gasteiger charge is -2.37. The summed E-state index contributed by atoms with van der Waals surface area (Å²) in [5.74, 6) is 3.62. The standard InChI is InChI=1S/C18H18F4N6O/c1-10-16(27-23)13(26-14-9-24-6-7-25-14)5-8-28(10)17(29)11-3-2-4-12(15(11)19)18(20,21)22/h2-4,6-7,9-10,27H,5,8,23H2,1H3,(H,25,26). The molecule has 0 saturated carbocycles. The van der Waals surface area contributed by atoms with Crippen molar-refractivity contribution in [2.45, 2.75) is 25.6 Å². The number of nitrogens with one attached hydrogen (secondary N) is 2. The number of rotatable bonds is 4. The molecule has 29 heavy (non-hydrogen) atoms. The highest BCUT2D eigenvalue weighted by molar-refractivity contribution is 5.95. The Hall–Kier alpha value is -3.21. The largest absolute Gasteiger partial charge is 0.419 e. The zero-order chi connectivity index (χ0) is 21.2. The summed E-state index contributed by atoms with van der Waals surface area (Å²) in [5, 5.41) is 3.05. The van der Waals surface area contributed by atoms with Crippen molar-refractivity contribution in [1.29, 1.82) is 0 Å². The topological polar surface area (TPSA) is 96.2 Å². The minimum atomic E-state index is -4.90. The molecule has 0 spiro atoms. The normalized spacial score (nSPS) is 17.3. The number of carbonyl (C=O) groups excluding carboxylic acids is 1. The van der Waals surface area contributed by atoms with E-state index in [-0.39, 0.29) is 6.54 Å². The molecule has 1 aliphatic heterocycles. The number of benzene rings is 1. The highest BCUT2D eigenvalue weighted by Gasteiger charge is 2.37. The smallest absolute Gasteiger partial charge is 0.341 e. The van der Waals surface area contributed by atoms with Crippen LogP contribution >= 0.6 is 0 Å². The van der Waals surface area contributed by atoms with Crippen LogP contribution in [0.4, 0.5) is 23.4 Å². The molecule has 1 aliphatic rings. The van der Waals surface area contributed by atoms with Gasteiger partial charge in [0.25, 0.3) is 5.91 Å². The molecule has 0 saturated heterocycles. The number of anilines is 1. The Kier molecular flexibility index (Phi) is 5.69. The molecule has 1 aromatic carbocycles. The Labute approximate surface area is 163 Å². The van der Waals surface area contributed by atoms with Gasteiger partial charge in [0.15, 0.2) is 0 Å². The summed E-state index contributed by atoms with van der Waals surface area (Å²) in [4.78, 5) is 22.1. The number of nitrogens with zero attached hydrogens (tertiary/aromatic N) is 3. The Morgan fingerprint density at radius 1 is 1.31 bits per heavy atom. The zero-order valence-corrected chi connectivity index (χ0v) is 15.3. The predicted molar refractivity (Wildman–Crippen MR) is 96.5 cm³/mol. The van der Waals surface area contributed by atoms with Gasteiger partial charge >= 0.3 is 6.18 Å². The van der Waals surface area contributed by atoms with Gasteiger partial charge in [-0.15, -0.1) is 0 Å². The second kappa shape index (κ2) is 8.03. The Balaban J connectivity index is 1.89. The quantitative estimate of drug-likeness (QED) is 0.408. The van der Waals surface area contributed by atoms with Crippen LogP contribution in [0.5, 0.6) is 0 Å². The van der Waals surface area contributed by atoms with Gasteiger partial charge in [-0.3, -0.25) is 15.6 Å². The number of halogens is 4. The van der Waals surface area contributed by atoms with Crippen LogP contribution in [0.2, 0.25) is 0 Å². The fourth-order valence-electron chi connectivity index (χ4n) is 3.17. The Bertz CT molecular complexity index is 932. The van der Waals surface area contributed by atoms with E-state index in [0.29, 0.717) is 29.7 Å². The molecule has 2 aromatic rings. The first-order chi connectivity index (χ1) is 13.7.